The van der Waals surface area contributed by atoms with Crippen LogP contribution in [0.5, 0.6) is 5.75 Å². The topological polar surface area (TPSA) is 9.23 Å². The highest BCUT2D eigenvalue weighted by Crippen LogP contribution is 2.31. The van der Waals surface area contributed by atoms with Crippen LogP contribution < -0.4 is 4.74 Å². The van der Waals surface area contributed by atoms with E-state index in [2.05, 4.69) is 22.9 Å². The van der Waals surface area contributed by atoms with Crippen LogP contribution in [0.2, 0.25) is 0 Å². The lowest BCUT2D eigenvalue weighted by atomic mass is 9.86. The van der Waals surface area contributed by atoms with Gasteiger partial charge in [-0.25, -0.2) is 0 Å². The molecule has 1 aliphatic rings. The fourth-order valence-electron chi connectivity index (χ4n) is 2.38. The number of hydrogen-bond donors (Lipinski definition) is 0. The maximum Gasteiger partial charge on any atom is 0.133 e. The van der Waals surface area contributed by atoms with Gasteiger partial charge in [0.25, 0.3) is 0 Å². The zero-order valence-electron chi connectivity index (χ0n) is 9.79. The molecule has 1 fully saturated rings. The molecule has 0 unspecified atom stereocenters. The fraction of sp³-hybridized carbons (Fsp3) is 0.571. The third-order valence-electron chi connectivity index (χ3n) is 3.50. The first-order chi connectivity index (χ1) is 7.79. The molecule has 0 aliphatic heterocycles. The van der Waals surface area contributed by atoms with Crippen LogP contribution in [0.15, 0.2) is 28.7 Å². The smallest absolute Gasteiger partial charge is 0.133 e. The summed E-state index contributed by atoms with van der Waals surface area (Å²) in [6.45, 7) is 2.29. The molecule has 1 aromatic carbocycles. The zero-order valence-corrected chi connectivity index (χ0v) is 11.4. The average molecular weight is 283 g/mol. The second-order valence-corrected chi connectivity index (χ2v) is 5.45. The lowest BCUT2D eigenvalue weighted by molar-refractivity contribution is 0.129. The lowest BCUT2D eigenvalue weighted by Gasteiger charge is -2.28. The van der Waals surface area contributed by atoms with Crippen LogP contribution in [0, 0.1) is 5.92 Å². The number of ether oxygens (including phenoxy) is 1. The van der Waals surface area contributed by atoms with Crippen LogP contribution in [0.25, 0.3) is 0 Å². The van der Waals surface area contributed by atoms with E-state index in [1.165, 1.54) is 32.1 Å². The van der Waals surface area contributed by atoms with Crippen LogP contribution in [0.1, 0.15) is 39.0 Å². The highest BCUT2D eigenvalue weighted by molar-refractivity contribution is 9.10. The summed E-state index contributed by atoms with van der Waals surface area (Å²) in [5.74, 6) is 1.92. The zero-order chi connectivity index (χ0) is 11.4. The van der Waals surface area contributed by atoms with Gasteiger partial charge in [-0.1, -0.05) is 25.5 Å². The molecule has 0 aromatic heterocycles. The number of halogens is 1. The van der Waals surface area contributed by atoms with Gasteiger partial charge in [0, 0.05) is 0 Å². The first-order valence-corrected chi connectivity index (χ1v) is 7.00. The molecule has 16 heavy (non-hydrogen) atoms. The van der Waals surface area contributed by atoms with Gasteiger partial charge in [0.05, 0.1) is 10.6 Å². The highest BCUT2D eigenvalue weighted by Gasteiger charge is 2.21. The molecule has 0 N–H and O–H groups in total. The second kappa shape index (κ2) is 5.72. The van der Waals surface area contributed by atoms with Crippen molar-refractivity contribution in [2.75, 3.05) is 0 Å². The molecular formula is C14H19BrO. The van der Waals surface area contributed by atoms with Crippen molar-refractivity contribution in [1.82, 2.24) is 0 Å². The second-order valence-electron chi connectivity index (χ2n) is 4.60. The summed E-state index contributed by atoms with van der Waals surface area (Å²) in [6, 6.07) is 8.12. The van der Waals surface area contributed by atoms with Gasteiger partial charge in [0.1, 0.15) is 5.75 Å². The number of rotatable bonds is 3. The summed E-state index contributed by atoms with van der Waals surface area (Å²) in [5.41, 5.74) is 0. The maximum atomic E-state index is 6.03. The van der Waals surface area contributed by atoms with Crippen LogP contribution >= 0.6 is 15.9 Å². The van der Waals surface area contributed by atoms with Crippen molar-refractivity contribution in [3.63, 3.8) is 0 Å². The molecule has 0 saturated heterocycles. The molecule has 88 valence electrons. The Kier molecular flexibility index (Phi) is 4.28. The summed E-state index contributed by atoms with van der Waals surface area (Å²) in [5, 5.41) is 0. The van der Waals surface area contributed by atoms with E-state index in [1.54, 1.807) is 0 Å². The predicted molar refractivity (Wildman–Crippen MR) is 70.8 cm³/mol. The Bertz CT molecular complexity index is 329. The molecule has 1 aromatic rings. The summed E-state index contributed by atoms with van der Waals surface area (Å²) in [7, 11) is 0. The van der Waals surface area contributed by atoms with Crippen molar-refractivity contribution in [3.05, 3.63) is 28.7 Å². The fourth-order valence-corrected chi connectivity index (χ4v) is 2.76. The van der Waals surface area contributed by atoms with E-state index in [0.717, 1.165) is 16.1 Å². The van der Waals surface area contributed by atoms with E-state index < -0.39 is 0 Å². The van der Waals surface area contributed by atoms with Crippen LogP contribution in [0.4, 0.5) is 0 Å². The molecule has 0 heterocycles. The quantitative estimate of drug-likeness (QED) is 0.774. The number of para-hydroxylation sites is 1. The van der Waals surface area contributed by atoms with Gasteiger partial charge in [0.15, 0.2) is 0 Å². The van der Waals surface area contributed by atoms with E-state index in [0.29, 0.717) is 6.10 Å². The first-order valence-electron chi connectivity index (χ1n) is 6.20. The minimum atomic E-state index is 0.418. The minimum Gasteiger partial charge on any atom is -0.489 e. The first kappa shape index (κ1) is 12.0. The lowest BCUT2D eigenvalue weighted by Crippen LogP contribution is -2.23. The Hall–Kier alpha value is -0.500. The molecule has 2 rings (SSSR count). The standard InChI is InChI=1S/C14H19BrO/c1-2-11-7-9-12(10-8-11)16-14-6-4-3-5-13(14)15/h3-6,11-12H,2,7-10H2,1H3. The van der Waals surface area contributed by atoms with E-state index in [1.807, 2.05) is 24.3 Å². The monoisotopic (exact) mass is 282 g/mol. The Balaban J connectivity index is 1.89. The van der Waals surface area contributed by atoms with E-state index in [4.69, 9.17) is 4.74 Å². The molecule has 0 amide bonds. The van der Waals surface area contributed by atoms with Gasteiger partial charge in [-0.15, -0.1) is 0 Å². The molecule has 0 spiro atoms. The van der Waals surface area contributed by atoms with Crippen molar-refractivity contribution in [3.8, 4) is 5.75 Å². The van der Waals surface area contributed by atoms with Crippen LogP contribution in [-0.2, 0) is 0 Å². The Morgan fingerprint density at radius 3 is 2.50 bits per heavy atom. The molecule has 0 radical (unpaired) electrons. The maximum absolute atomic E-state index is 6.03. The Labute approximate surface area is 106 Å². The molecular weight excluding hydrogens is 264 g/mol. The van der Waals surface area contributed by atoms with E-state index in [9.17, 15) is 0 Å². The van der Waals surface area contributed by atoms with Crippen molar-refractivity contribution in [1.29, 1.82) is 0 Å². The summed E-state index contributed by atoms with van der Waals surface area (Å²) in [4.78, 5) is 0. The van der Waals surface area contributed by atoms with Gasteiger partial charge in [-0.05, 0) is 59.7 Å². The summed E-state index contributed by atoms with van der Waals surface area (Å²) in [6.07, 6.45) is 6.81. The third-order valence-corrected chi connectivity index (χ3v) is 4.16. The summed E-state index contributed by atoms with van der Waals surface area (Å²) < 4.78 is 7.09. The van der Waals surface area contributed by atoms with Crippen molar-refractivity contribution in [2.24, 2.45) is 5.92 Å². The molecule has 0 atom stereocenters. The van der Waals surface area contributed by atoms with Crippen LogP contribution in [-0.4, -0.2) is 6.10 Å². The number of hydrogen-bond acceptors (Lipinski definition) is 1. The van der Waals surface area contributed by atoms with E-state index in [-0.39, 0.29) is 0 Å². The molecule has 1 aliphatic carbocycles. The van der Waals surface area contributed by atoms with Crippen LogP contribution in [0.3, 0.4) is 0 Å². The molecule has 0 bridgehead atoms. The Morgan fingerprint density at radius 1 is 1.19 bits per heavy atom. The van der Waals surface area contributed by atoms with Gasteiger partial charge in [0.2, 0.25) is 0 Å². The SMILES string of the molecule is CCC1CCC(Oc2ccccc2Br)CC1. The Morgan fingerprint density at radius 2 is 1.88 bits per heavy atom. The predicted octanol–water partition coefficient (Wildman–Crippen LogP) is 4.80. The van der Waals surface area contributed by atoms with Crippen molar-refractivity contribution in [2.45, 2.75) is 45.1 Å². The largest absolute Gasteiger partial charge is 0.489 e. The number of benzene rings is 1. The summed E-state index contributed by atoms with van der Waals surface area (Å²) >= 11 is 3.52. The highest BCUT2D eigenvalue weighted by atomic mass is 79.9. The van der Waals surface area contributed by atoms with Gasteiger partial charge in [-0.3, -0.25) is 0 Å². The van der Waals surface area contributed by atoms with Crippen molar-refractivity contribution < 1.29 is 4.74 Å². The van der Waals surface area contributed by atoms with Gasteiger partial charge in [-0.2, -0.15) is 0 Å². The average Bonchev–Trinajstić information content (AvgIpc) is 2.33. The molecule has 1 nitrogen and oxygen atoms in total. The van der Waals surface area contributed by atoms with Gasteiger partial charge < -0.3 is 4.74 Å². The molecule has 1 saturated carbocycles. The molecule has 2 heteroatoms. The van der Waals surface area contributed by atoms with Gasteiger partial charge >= 0.3 is 0 Å². The minimum absolute atomic E-state index is 0.418. The van der Waals surface area contributed by atoms with E-state index >= 15 is 0 Å². The normalized spacial score (nSPS) is 25.4. The van der Waals surface area contributed by atoms with Crippen molar-refractivity contribution >= 4 is 15.9 Å². The third kappa shape index (κ3) is 3.00.